The van der Waals surface area contributed by atoms with E-state index in [0.29, 0.717) is 34.2 Å². The molecule has 0 amide bonds. The lowest BCUT2D eigenvalue weighted by molar-refractivity contribution is 0.410. The van der Waals surface area contributed by atoms with Gasteiger partial charge < -0.3 is 4.52 Å². The van der Waals surface area contributed by atoms with Crippen molar-refractivity contribution in [2.24, 2.45) is 0 Å². The van der Waals surface area contributed by atoms with Crippen molar-refractivity contribution in [3.05, 3.63) is 72.0 Å². The Bertz CT molecular complexity index is 1420. The van der Waals surface area contributed by atoms with Crippen LogP contribution in [0.4, 0.5) is 8.78 Å². The van der Waals surface area contributed by atoms with E-state index >= 15 is 0 Å². The predicted octanol–water partition coefficient (Wildman–Crippen LogP) is 5.14. The fourth-order valence-electron chi connectivity index (χ4n) is 3.38. The molecule has 0 bridgehead atoms. The molecule has 5 aromatic rings. The summed E-state index contributed by atoms with van der Waals surface area (Å²) in [5.41, 5.74) is 3.64. The molecule has 31 heavy (non-hydrogen) atoms. The second-order valence-electron chi connectivity index (χ2n) is 7.22. The SMILES string of the molecule is CC(C)=Cc1nc(-c2cnc3ccc(-c4cn[nH]c4-c4c(F)cccc4F)cn23)no1. The molecule has 0 aliphatic heterocycles. The number of aromatic amines is 1. The molecule has 1 N–H and O–H groups in total. The summed E-state index contributed by atoms with van der Waals surface area (Å²) in [7, 11) is 0. The maximum atomic E-state index is 14.4. The van der Waals surface area contributed by atoms with Gasteiger partial charge in [0.2, 0.25) is 5.82 Å². The van der Waals surface area contributed by atoms with Crippen molar-refractivity contribution in [3.63, 3.8) is 0 Å². The normalized spacial score (nSPS) is 11.2. The number of nitrogens with zero attached hydrogens (tertiary/aromatic N) is 5. The number of halogens is 2. The molecule has 154 valence electrons. The zero-order chi connectivity index (χ0) is 21.5. The largest absolute Gasteiger partial charge is 0.334 e. The van der Waals surface area contributed by atoms with E-state index in [2.05, 4.69) is 25.3 Å². The number of hydrogen-bond acceptors (Lipinski definition) is 5. The quantitative estimate of drug-likeness (QED) is 0.437. The van der Waals surface area contributed by atoms with Crippen LogP contribution in [-0.2, 0) is 0 Å². The molecule has 0 aliphatic carbocycles. The van der Waals surface area contributed by atoms with E-state index in [0.717, 1.165) is 5.57 Å². The smallest absolute Gasteiger partial charge is 0.250 e. The highest BCUT2D eigenvalue weighted by molar-refractivity contribution is 5.81. The summed E-state index contributed by atoms with van der Waals surface area (Å²) < 4.78 is 35.8. The van der Waals surface area contributed by atoms with Gasteiger partial charge in [0.25, 0.3) is 5.89 Å². The predicted molar refractivity (Wildman–Crippen MR) is 111 cm³/mol. The number of rotatable bonds is 4. The van der Waals surface area contributed by atoms with E-state index in [9.17, 15) is 8.78 Å². The Balaban J connectivity index is 1.63. The van der Waals surface area contributed by atoms with Gasteiger partial charge in [-0.15, -0.1) is 0 Å². The lowest BCUT2D eigenvalue weighted by Crippen LogP contribution is -1.94. The first-order chi connectivity index (χ1) is 15.0. The van der Waals surface area contributed by atoms with Crippen molar-refractivity contribution in [1.29, 1.82) is 0 Å². The number of imidazole rings is 1. The van der Waals surface area contributed by atoms with E-state index in [4.69, 9.17) is 4.52 Å². The van der Waals surface area contributed by atoms with Crippen LogP contribution in [0.5, 0.6) is 0 Å². The van der Waals surface area contributed by atoms with Crippen LogP contribution < -0.4 is 0 Å². The number of allylic oxidation sites excluding steroid dienone is 1. The minimum absolute atomic E-state index is 0.162. The van der Waals surface area contributed by atoms with Crippen LogP contribution >= 0.6 is 0 Å². The number of pyridine rings is 1. The second-order valence-corrected chi connectivity index (χ2v) is 7.22. The molecule has 4 aromatic heterocycles. The van der Waals surface area contributed by atoms with Gasteiger partial charge in [0, 0.05) is 23.4 Å². The third-order valence-electron chi connectivity index (χ3n) is 4.75. The van der Waals surface area contributed by atoms with E-state index in [-0.39, 0.29) is 11.3 Å². The molecule has 4 heterocycles. The fraction of sp³-hybridized carbons (Fsp3) is 0.0909. The van der Waals surface area contributed by atoms with Gasteiger partial charge in [-0.3, -0.25) is 9.50 Å². The molecule has 0 saturated carbocycles. The molecule has 0 spiro atoms. The molecule has 0 fully saturated rings. The Kier molecular flexibility index (Phi) is 4.43. The summed E-state index contributed by atoms with van der Waals surface area (Å²) in [6, 6.07) is 7.35. The van der Waals surface area contributed by atoms with Crippen LogP contribution in [0.3, 0.4) is 0 Å². The molecular formula is C22H16F2N6O. The van der Waals surface area contributed by atoms with Crippen LogP contribution in [0.2, 0.25) is 0 Å². The zero-order valence-corrected chi connectivity index (χ0v) is 16.6. The van der Waals surface area contributed by atoms with Gasteiger partial charge in [-0.1, -0.05) is 16.8 Å². The van der Waals surface area contributed by atoms with Crippen LogP contribution in [-0.4, -0.2) is 29.7 Å². The molecule has 0 aliphatic rings. The van der Waals surface area contributed by atoms with Gasteiger partial charge in [-0.25, -0.2) is 13.8 Å². The molecule has 1 aromatic carbocycles. The van der Waals surface area contributed by atoms with Gasteiger partial charge in [0.1, 0.15) is 23.0 Å². The van der Waals surface area contributed by atoms with Crippen LogP contribution in [0.15, 0.2) is 59.0 Å². The third-order valence-corrected chi connectivity index (χ3v) is 4.75. The summed E-state index contributed by atoms with van der Waals surface area (Å²) in [4.78, 5) is 8.77. The summed E-state index contributed by atoms with van der Waals surface area (Å²) in [5.74, 6) is -0.569. The minimum atomic E-state index is -0.673. The van der Waals surface area contributed by atoms with Crippen LogP contribution in [0.25, 0.3) is 45.6 Å². The molecule has 7 nitrogen and oxygen atoms in total. The Morgan fingerprint density at radius 2 is 1.90 bits per heavy atom. The van der Waals surface area contributed by atoms with E-state index < -0.39 is 11.6 Å². The molecule has 5 rings (SSSR count). The Labute approximate surface area is 175 Å². The van der Waals surface area contributed by atoms with Crippen LogP contribution in [0, 0.1) is 11.6 Å². The summed E-state index contributed by atoms with van der Waals surface area (Å²) in [5, 5.41) is 10.8. The standard InChI is InChI=1S/C22H16F2N6O/c1-12(2)8-19-27-22(29-31-19)17-10-25-18-7-6-13(11-30(17)18)14-9-26-28-21(14)20-15(23)4-3-5-16(20)24/h3-11H,1-2H3,(H,26,28). The summed E-state index contributed by atoms with van der Waals surface area (Å²) in [6.07, 6.45) is 6.75. The highest BCUT2D eigenvalue weighted by Crippen LogP contribution is 2.34. The van der Waals surface area contributed by atoms with Crippen molar-refractivity contribution in [2.45, 2.75) is 13.8 Å². The number of hydrogen-bond donors (Lipinski definition) is 1. The summed E-state index contributed by atoms with van der Waals surface area (Å²) in [6.45, 7) is 3.87. The number of benzene rings is 1. The number of nitrogens with one attached hydrogen (secondary N) is 1. The zero-order valence-electron chi connectivity index (χ0n) is 16.6. The number of H-pyrrole nitrogens is 1. The Morgan fingerprint density at radius 3 is 2.68 bits per heavy atom. The Hall–Kier alpha value is -4.14. The maximum absolute atomic E-state index is 14.4. The van der Waals surface area contributed by atoms with Gasteiger partial charge >= 0.3 is 0 Å². The number of fused-ring (bicyclic) bond motifs is 1. The molecule has 0 atom stereocenters. The lowest BCUT2D eigenvalue weighted by Gasteiger charge is -2.07. The van der Waals surface area contributed by atoms with Gasteiger partial charge in [0.05, 0.1) is 23.7 Å². The van der Waals surface area contributed by atoms with Gasteiger partial charge in [-0.05, 0) is 38.1 Å². The number of aromatic nitrogens is 6. The summed E-state index contributed by atoms with van der Waals surface area (Å²) >= 11 is 0. The first-order valence-electron chi connectivity index (χ1n) is 9.45. The third kappa shape index (κ3) is 3.29. The van der Waals surface area contributed by atoms with Crippen molar-refractivity contribution >= 4 is 11.7 Å². The molecule has 0 radical (unpaired) electrons. The average Bonchev–Trinajstić information content (AvgIpc) is 3.46. The minimum Gasteiger partial charge on any atom is -0.334 e. The lowest BCUT2D eigenvalue weighted by atomic mass is 10.0. The monoisotopic (exact) mass is 418 g/mol. The highest BCUT2D eigenvalue weighted by Gasteiger charge is 2.19. The highest BCUT2D eigenvalue weighted by atomic mass is 19.1. The van der Waals surface area contributed by atoms with Crippen molar-refractivity contribution in [2.75, 3.05) is 0 Å². The van der Waals surface area contributed by atoms with Crippen molar-refractivity contribution in [1.82, 2.24) is 29.7 Å². The van der Waals surface area contributed by atoms with Crippen molar-refractivity contribution < 1.29 is 13.3 Å². The molecule has 0 unspecified atom stereocenters. The first-order valence-corrected chi connectivity index (χ1v) is 9.45. The average molecular weight is 418 g/mol. The van der Waals surface area contributed by atoms with Crippen LogP contribution in [0.1, 0.15) is 19.7 Å². The fourth-order valence-corrected chi connectivity index (χ4v) is 3.38. The second kappa shape index (κ2) is 7.28. The van der Waals surface area contributed by atoms with Crippen molar-refractivity contribution in [3.8, 4) is 33.9 Å². The van der Waals surface area contributed by atoms with E-state index in [1.807, 2.05) is 19.9 Å². The van der Waals surface area contributed by atoms with E-state index in [1.165, 1.54) is 24.4 Å². The van der Waals surface area contributed by atoms with E-state index in [1.54, 1.807) is 28.9 Å². The Morgan fingerprint density at radius 1 is 1.10 bits per heavy atom. The molecule has 0 saturated heterocycles. The molecule has 9 heteroatoms. The maximum Gasteiger partial charge on any atom is 0.250 e. The first kappa shape index (κ1) is 18.9. The molecular weight excluding hydrogens is 402 g/mol. The van der Waals surface area contributed by atoms with Gasteiger partial charge in [0.15, 0.2) is 0 Å². The topological polar surface area (TPSA) is 84.9 Å². The van der Waals surface area contributed by atoms with Gasteiger partial charge in [-0.2, -0.15) is 10.1 Å².